The number of nitrogens with one attached hydrogen (secondary N) is 1. The fourth-order valence-electron chi connectivity index (χ4n) is 5.20. The van der Waals surface area contributed by atoms with Gasteiger partial charge in [-0.25, -0.2) is 0 Å². The maximum absolute atomic E-state index is 14.0. The molecular formula is C33H38ClN3O4. The van der Waals surface area contributed by atoms with Crippen molar-refractivity contribution in [3.05, 3.63) is 87.4 Å². The summed E-state index contributed by atoms with van der Waals surface area (Å²) in [4.78, 5) is 30.7. The zero-order chi connectivity index (χ0) is 29.1. The number of carbonyl (C=O) groups is 2. The van der Waals surface area contributed by atoms with Gasteiger partial charge in [-0.2, -0.15) is 0 Å². The number of ether oxygens (including phenoxy) is 2. The van der Waals surface area contributed by atoms with Gasteiger partial charge in [0.05, 0.1) is 11.6 Å². The van der Waals surface area contributed by atoms with Crippen molar-refractivity contribution in [2.75, 3.05) is 31.2 Å². The Kier molecular flexibility index (Phi) is 8.85. The molecule has 216 valence electrons. The van der Waals surface area contributed by atoms with Gasteiger partial charge < -0.3 is 19.7 Å². The van der Waals surface area contributed by atoms with Crippen molar-refractivity contribution in [2.45, 2.75) is 59.2 Å². The van der Waals surface area contributed by atoms with Crippen LogP contribution in [0.3, 0.4) is 0 Å². The maximum atomic E-state index is 14.0. The molecule has 8 heteroatoms. The molecule has 3 aromatic rings. The normalized spacial score (nSPS) is 17.0. The topological polar surface area (TPSA) is 71.1 Å². The minimum Gasteiger partial charge on any atom is -0.490 e. The predicted molar refractivity (Wildman–Crippen MR) is 162 cm³/mol. The number of benzene rings is 3. The Morgan fingerprint density at radius 2 is 1.68 bits per heavy atom. The number of rotatable bonds is 10. The minimum atomic E-state index is -0.607. The fraction of sp³-hybridized carbons (Fsp3) is 0.394. The van der Waals surface area contributed by atoms with Gasteiger partial charge >= 0.3 is 0 Å². The summed E-state index contributed by atoms with van der Waals surface area (Å²) in [5, 5.41) is 3.73. The van der Waals surface area contributed by atoms with E-state index in [1.54, 1.807) is 4.90 Å². The first-order chi connectivity index (χ1) is 19.7. The quantitative estimate of drug-likeness (QED) is 0.322. The molecule has 1 heterocycles. The second-order valence-corrected chi connectivity index (χ2v) is 11.4. The predicted octanol–water partition coefficient (Wildman–Crippen LogP) is 5.53. The summed E-state index contributed by atoms with van der Waals surface area (Å²) in [6, 6.07) is 17.0. The molecule has 5 rings (SSSR count). The zero-order valence-electron chi connectivity index (χ0n) is 24.2. The second kappa shape index (κ2) is 12.5. The van der Waals surface area contributed by atoms with Crippen LogP contribution in [0.25, 0.3) is 0 Å². The van der Waals surface area contributed by atoms with Gasteiger partial charge in [-0.1, -0.05) is 29.8 Å². The van der Waals surface area contributed by atoms with E-state index in [4.69, 9.17) is 21.1 Å². The number of hydrogen-bond donors (Lipinski definition) is 1. The molecule has 3 aromatic carbocycles. The van der Waals surface area contributed by atoms with Gasteiger partial charge in [0.2, 0.25) is 11.8 Å². The third kappa shape index (κ3) is 6.68. The highest BCUT2D eigenvalue weighted by Crippen LogP contribution is 2.32. The molecule has 1 atom stereocenters. The minimum absolute atomic E-state index is 0.0172. The molecule has 2 aliphatic rings. The van der Waals surface area contributed by atoms with Crippen LogP contribution < -0.4 is 19.7 Å². The average molecular weight is 576 g/mol. The Labute approximate surface area is 247 Å². The highest BCUT2D eigenvalue weighted by Gasteiger charge is 2.41. The standard InChI is InChI=1S/C33H38ClN3O4/c1-21-6-5-7-25(24(21)4)20-36(26-8-9-26)33(39)30-18-35-19-32(38)37(30)27-10-12-28(13-11-27)40-14-15-41-31-17-23(3)22(2)16-29(31)34/h5-7,10-13,16-17,26,30,35H,8-9,14-15,18-20H2,1-4H3/t30-/m1/s1. The van der Waals surface area contributed by atoms with E-state index in [9.17, 15) is 9.59 Å². The third-order valence-electron chi connectivity index (χ3n) is 8.08. The molecule has 1 saturated heterocycles. The number of nitrogens with zero attached hydrogens (tertiary/aromatic N) is 2. The largest absolute Gasteiger partial charge is 0.490 e. The lowest BCUT2D eigenvalue weighted by atomic mass is 10.0. The van der Waals surface area contributed by atoms with Crippen molar-refractivity contribution in [3.63, 3.8) is 0 Å². The number of carbonyl (C=O) groups excluding carboxylic acids is 2. The van der Waals surface area contributed by atoms with Crippen LogP contribution in [0, 0.1) is 27.7 Å². The molecule has 2 amide bonds. The summed E-state index contributed by atoms with van der Waals surface area (Å²) < 4.78 is 11.7. The molecule has 1 aliphatic heterocycles. The molecule has 41 heavy (non-hydrogen) atoms. The molecule has 7 nitrogen and oxygen atoms in total. The molecule has 0 spiro atoms. The van der Waals surface area contributed by atoms with E-state index in [1.807, 2.05) is 61.2 Å². The Morgan fingerprint density at radius 1 is 0.976 bits per heavy atom. The molecule has 0 unspecified atom stereocenters. The lowest BCUT2D eigenvalue weighted by Crippen LogP contribution is -2.61. The summed E-state index contributed by atoms with van der Waals surface area (Å²) in [7, 11) is 0. The van der Waals surface area contributed by atoms with Crippen LogP contribution in [-0.2, 0) is 16.1 Å². The lowest BCUT2D eigenvalue weighted by Gasteiger charge is -2.38. The second-order valence-electron chi connectivity index (χ2n) is 11.0. The molecule has 1 aliphatic carbocycles. The van der Waals surface area contributed by atoms with E-state index < -0.39 is 6.04 Å². The van der Waals surface area contributed by atoms with Crippen molar-refractivity contribution in [2.24, 2.45) is 0 Å². The van der Waals surface area contributed by atoms with Gasteiger partial charge in [0, 0.05) is 24.8 Å². The Hall–Kier alpha value is -3.55. The van der Waals surface area contributed by atoms with Crippen molar-refractivity contribution < 1.29 is 19.1 Å². The third-order valence-corrected chi connectivity index (χ3v) is 8.38. The number of piperazine rings is 1. The van der Waals surface area contributed by atoms with Gasteiger partial charge in [-0.15, -0.1) is 0 Å². The highest BCUT2D eigenvalue weighted by molar-refractivity contribution is 6.32. The van der Waals surface area contributed by atoms with Gasteiger partial charge in [0.15, 0.2) is 0 Å². The number of aryl methyl sites for hydroxylation is 3. The molecule has 0 bridgehead atoms. The number of hydrogen-bond acceptors (Lipinski definition) is 5. The Bertz CT molecular complexity index is 1420. The summed E-state index contributed by atoms with van der Waals surface area (Å²) >= 11 is 6.30. The molecular weight excluding hydrogens is 538 g/mol. The van der Waals surface area contributed by atoms with E-state index in [0.29, 0.717) is 48.5 Å². The summed E-state index contributed by atoms with van der Waals surface area (Å²) in [5.74, 6) is 1.16. The van der Waals surface area contributed by atoms with Crippen LogP contribution >= 0.6 is 11.6 Å². The van der Waals surface area contributed by atoms with Crippen molar-refractivity contribution in [3.8, 4) is 11.5 Å². The molecule has 1 saturated carbocycles. The van der Waals surface area contributed by atoms with Crippen molar-refractivity contribution in [1.29, 1.82) is 0 Å². The lowest BCUT2D eigenvalue weighted by molar-refractivity contribution is -0.136. The molecule has 0 radical (unpaired) electrons. The summed E-state index contributed by atoms with van der Waals surface area (Å²) in [6.07, 6.45) is 1.99. The van der Waals surface area contributed by atoms with Crippen LogP contribution in [-0.4, -0.2) is 55.1 Å². The van der Waals surface area contributed by atoms with E-state index in [2.05, 4.69) is 31.3 Å². The van der Waals surface area contributed by atoms with E-state index >= 15 is 0 Å². The first-order valence-electron chi connectivity index (χ1n) is 14.2. The van der Waals surface area contributed by atoms with Gasteiger partial charge in [0.25, 0.3) is 0 Å². The molecule has 1 N–H and O–H groups in total. The monoisotopic (exact) mass is 575 g/mol. The van der Waals surface area contributed by atoms with Gasteiger partial charge in [-0.3, -0.25) is 14.5 Å². The maximum Gasteiger partial charge on any atom is 0.247 e. The van der Waals surface area contributed by atoms with Crippen LogP contribution in [0.2, 0.25) is 5.02 Å². The number of anilines is 1. The van der Waals surface area contributed by atoms with Crippen LogP contribution in [0.5, 0.6) is 11.5 Å². The van der Waals surface area contributed by atoms with Crippen LogP contribution in [0.15, 0.2) is 54.6 Å². The van der Waals surface area contributed by atoms with Crippen LogP contribution in [0.4, 0.5) is 5.69 Å². The molecule has 2 fully saturated rings. The van der Waals surface area contributed by atoms with Crippen molar-refractivity contribution >= 4 is 29.1 Å². The molecule has 0 aromatic heterocycles. The number of halogens is 1. The van der Waals surface area contributed by atoms with Gasteiger partial charge in [0.1, 0.15) is 30.8 Å². The zero-order valence-corrected chi connectivity index (χ0v) is 25.0. The SMILES string of the molecule is Cc1cc(Cl)c(OCCOc2ccc(N3C(=O)CNC[C@@H]3C(=O)N(Cc3cccc(C)c3C)C3CC3)cc2)cc1C. The Balaban J connectivity index is 1.24. The summed E-state index contributed by atoms with van der Waals surface area (Å²) in [6.45, 7) is 10.1. The van der Waals surface area contributed by atoms with E-state index in [0.717, 1.165) is 29.5 Å². The van der Waals surface area contributed by atoms with Crippen LogP contribution in [0.1, 0.15) is 40.7 Å². The first-order valence-corrected chi connectivity index (χ1v) is 14.6. The van der Waals surface area contributed by atoms with Gasteiger partial charge in [-0.05, 0) is 105 Å². The average Bonchev–Trinajstić information content (AvgIpc) is 3.80. The smallest absolute Gasteiger partial charge is 0.247 e. The Morgan fingerprint density at radius 3 is 2.41 bits per heavy atom. The fourth-order valence-corrected chi connectivity index (χ4v) is 5.47. The van der Waals surface area contributed by atoms with Crippen molar-refractivity contribution in [1.82, 2.24) is 10.2 Å². The van der Waals surface area contributed by atoms with E-state index in [1.165, 1.54) is 11.1 Å². The number of amides is 2. The first kappa shape index (κ1) is 29.0. The summed E-state index contributed by atoms with van der Waals surface area (Å²) in [5.41, 5.74) is 6.49. The van der Waals surface area contributed by atoms with E-state index in [-0.39, 0.29) is 24.4 Å². The highest BCUT2D eigenvalue weighted by atomic mass is 35.5.